The summed E-state index contributed by atoms with van der Waals surface area (Å²) in [5.41, 5.74) is -0.222. The molecule has 0 bridgehead atoms. The number of thiazole rings is 1. The van der Waals surface area contributed by atoms with Crippen LogP contribution < -0.4 is 24.8 Å². The van der Waals surface area contributed by atoms with Gasteiger partial charge in [-0.15, -0.1) is 0 Å². The van der Waals surface area contributed by atoms with Gasteiger partial charge >= 0.3 is 0 Å². The summed E-state index contributed by atoms with van der Waals surface area (Å²) in [6.45, 7) is 1.69. The maximum Gasteiger partial charge on any atom is 0.274 e. The zero-order valence-corrected chi connectivity index (χ0v) is 30.4. The van der Waals surface area contributed by atoms with Crippen molar-refractivity contribution in [3.05, 3.63) is 48.3 Å². The monoisotopic (exact) mass is 741 g/mol. The summed E-state index contributed by atoms with van der Waals surface area (Å²) in [5, 5.41) is 6.55. The molecule has 3 heterocycles. The van der Waals surface area contributed by atoms with Crippen LogP contribution in [0.3, 0.4) is 0 Å². The lowest BCUT2D eigenvalue weighted by Crippen LogP contribution is -2.58. The van der Waals surface area contributed by atoms with E-state index in [-0.39, 0.29) is 24.8 Å². The van der Waals surface area contributed by atoms with E-state index in [1.165, 1.54) is 28.4 Å². The highest BCUT2D eigenvalue weighted by atomic mass is 32.2. The lowest BCUT2D eigenvalue weighted by atomic mass is 10.0. The van der Waals surface area contributed by atoms with Crippen LogP contribution in [0.2, 0.25) is 0 Å². The van der Waals surface area contributed by atoms with Gasteiger partial charge in [-0.2, -0.15) is 0 Å². The fourth-order valence-electron chi connectivity index (χ4n) is 7.34. The number of benzene rings is 2. The second-order valence-electron chi connectivity index (χ2n) is 14.6. The number of hydrogen-bond acceptors (Lipinski definition) is 10. The van der Waals surface area contributed by atoms with Gasteiger partial charge in [0.2, 0.25) is 21.8 Å². The zero-order valence-electron chi connectivity index (χ0n) is 28.8. The fraction of sp³-hybridized carbons (Fsp3) is 0.556. The third-order valence-corrected chi connectivity index (χ3v) is 14.0. The zero-order chi connectivity index (χ0) is 36.0. The molecule has 3 aromatic rings. The van der Waals surface area contributed by atoms with Crippen molar-refractivity contribution in [3.8, 4) is 10.9 Å². The van der Waals surface area contributed by atoms with Crippen molar-refractivity contribution in [1.82, 2.24) is 19.9 Å². The van der Waals surface area contributed by atoms with Crippen LogP contribution in [-0.2, 0) is 24.4 Å². The third-order valence-electron chi connectivity index (χ3n) is 10.9. The molecule has 2 saturated heterocycles. The topological polar surface area (TPSA) is 156 Å². The van der Waals surface area contributed by atoms with E-state index >= 15 is 0 Å². The standard InChI is InChI=1S/C36H44FN5O7S2/c1-35(15-16-35)51(46,47)41-33(45)36-20-22(36)9-6-4-3-5-7-12-28(38-24-11-8-10-23(37)17-24)32(44)42-21-26(18-29(42)31(43)40-36)49-34-39-27-14-13-25(48-2)19-30(27)50-34/h8,10-11,13-14,17,19,22,26,28-29,38H,3-7,9,12,15-16,18,20-21H2,1-2H3,(H,40,43)(H,41,45)/t22-,26-,28+,29+,36-/m1/s1. The van der Waals surface area contributed by atoms with Gasteiger partial charge in [0.25, 0.3) is 11.1 Å². The van der Waals surface area contributed by atoms with Crippen LogP contribution in [-0.4, -0.2) is 78.2 Å². The van der Waals surface area contributed by atoms with Gasteiger partial charge in [0, 0.05) is 12.1 Å². The Bertz CT molecular complexity index is 1940. The van der Waals surface area contributed by atoms with Crippen molar-refractivity contribution in [2.45, 2.75) is 106 Å². The van der Waals surface area contributed by atoms with Gasteiger partial charge in [-0.3, -0.25) is 19.1 Å². The molecule has 1 aromatic heterocycles. The van der Waals surface area contributed by atoms with E-state index < -0.39 is 56.1 Å². The van der Waals surface area contributed by atoms with Crippen LogP contribution in [0.1, 0.15) is 77.6 Å². The number of sulfonamides is 1. The Morgan fingerprint density at radius 2 is 1.84 bits per heavy atom. The molecular formula is C36H44FN5O7S2. The smallest absolute Gasteiger partial charge is 0.274 e. The Morgan fingerprint density at radius 3 is 2.59 bits per heavy atom. The summed E-state index contributed by atoms with van der Waals surface area (Å²) in [4.78, 5) is 48.7. The van der Waals surface area contributed by atoms with Gasteiger partial charge in [0.05, 0.1) is 28.6 Å². The highest BCUT2D eigenvalue weighted by Gasteiger charge is 2.63. The minimum absolute atomic E-state index is 0.0762. The molecule has 2 aliphatic carbocycles. The number of hydrogen-bond donors (Lipinski definition) is 3. The summed E-state index contributed by atoms with van der Waals surface area (Å²) < 4.78 is 54.2. The maximum atomic E-state index is 14.5. The average molecular weight is 742 g/mol. The highest BCUT2D eigenvalue weighted by Crippen LogP contribution is 2.49. The second kappa shape index (κ2) is 13.9. The Hall–Kier alpha value is -3.98. The first-order valence-corrected chi connectivity index (χ1v) is 20.0. The maximum absolute atomic E-state index is 14.5. The van der Waals surface area contributed by atoms with Crippen LogP contribution in [0, 0.1) is 11.7 Å². The van der Waals surface area contributed by atoms with Crippen LogP contribution in [0.5, 0.6) is 10.9 Å². The number of rotatable bonds is 8. The Kier molecular flexibility index (Phi) is 9.63. The van der Waals surface area contributed by atoms with Gasteiger partial charge in [0.15, 0.2) is 0 Å². The molecule has 2 aromatic carbocycles. The molecule has 12 nitrogen and oxygen atoms in total. The molecule has 2 aliphatic heterocycles. The normalized spacial score (nSPS) is 28.0. The van der Waals surface area contributed by atoms with E-state index in [0.717, 1.165) is 42.3 Å². The fourth-order valence-corrected chi connectivity index (χ4v) is 9.56. The Balaban J connectivity index is 1.18. The molecule has 7 rings (SSSR count). The number of halogens is 1. The van der Waals surface area contributed by atoms with Crippen molar-refractivity contribution in [2.75, 3.05) is 19.0 Å². The average Bonchev–Trinajstić information content (AvgIpc) is 3.91. The van der Waals surface area contributed by atoms with Gasteiger partial charge in [-0.25, -0.2) is 17.8 Å². The molecule has 274 valence electrons. The van der Waals surface area contributed by atoms with Crippen molar-refractivity contribution >= 4 is 55.0 Å². The van der Waals surface area contributed by atoms with Gasteiger partial charge < -0.3 is 25.0 Å². The lowest BCUT2D eigenvalue weighted by molar-refractivity contribution is -0.140. The van der Waals surface area contributed by atoms with Gasteiger partial charge in [-0.05, 0) is 81.3 Å². The molecule has 2 saturated carbocycles. The number of nitrogens with zero attached hydrogens (tertiary/aromatic N) is 2. The van der Waals surface area contributed by atoms with Crippen molar-refractivity contribution in [2.24, 2.45) is 5.92 Å². The Labute approximate surface area is 300 Å². The van der Waals surface area contributed by atoms with Crippen LogP contribution in [0.25, 0.3) is 10.2 Å². The number of amides is 3. The molecule has 0 spiro atoms. The van der Waals surface area contributed by atoms with Crippen molar-refractivity contribution < 1.29 is 36.7 Å². The lowest BCUT2D eigenvalue weighted by Gasteiger charge is -2.30. The first-order valence-electron chi connectivity index (χ1n) is 17.7. The summed E-state index contributed by atoms with van der Waals surface area (Å²) in [6.07, 6.45) is 6.16. The predicted octanol–water partition coefficient (Wildman–Crippen LogP) is 4.89. The van der Waals surface area contributed by atoms with E-state index in [1.54, 1.807) is 32.2 Å². The second-order valence-corrected chi connectivity index (χ2v) is 17.8. The third kappa shape index (κ3) is 7.37. The van der Waals surface area contributed by atoms with Gasteiger partial charge in [0.1, 0.15) is 35.3 Å². The minimum atomic E-state index is -3.94. The first kappa shape index (κ1) is 35.4. The number of anilines is 1. The first-order chi connectivity index (χ1) is 24.4. The van der Waals surface area contributed by atoms with E-state index in [9.17, 15) is 27.2 Å². The van der Waals surface area contributed by atoms with E-state index in [1.807, 2.05) is 12.1 Å². The largest absolute Gasteiger partial charge is 0.497 e. The summed E-state index contributed by atoms with van der Waals surface area (Å²) in [5.74, 6) is -1.60. The van der Waals surface area contributed by atoms with Crippen molar-refractivity contribution in [1.29, 1.82) is 0 Å². The van der Waals surface area contributed by atoms with Crippen LogP contribution in [0.15, 0.2) is 42.5 Å². The molecule has 3 amide bonds. The van der Waals surface area contributed by atoms with Crippen molar-refractivity contribution in [3.63, 3.8) is 0 Å². The molecule has 5 atom stereocenters. The number of methoxy groups -OCH3 is 1. The quantitative estimate of drug-likeness (QED) is 0.293. The highest BCUT2D eigenvalue weighted by molar-refractivity contribution is 7.91. The van der Waals surface area contributed by atoms with E-state index in [4.69, 9.17) is 9.47 Å². The molecular weight excluding hydrogens is 698 g/mol. The molecule has 0 unspecified atom stereocenters. The molecule has 51 heavy (non-hydrogen) atoms. The number of carbonyl (C=O) groups is 3. The number of aromatic nitrogens is 1. The van der Waals surface area contributed by atoms with E-state index in [2.05, 4.69) is 20.3 Å². The minimum Gasteiger partial charge on any atom is -0.497 e. The summed E-state index contributed by atoms with van der Waals surface area (Å²) >= 11 is 1.33. The SMILES string of the molecule is COc1ccc2nc(O[C@@H]3C[C@H]4C(=O)N[C@]5(C(=O)NS(=O)(=O)C6(C)CC6)C[C@H]5CCCCCCC[C@H](Nc5cccc(F)c5)C(=O)N4C3)sc2c1. The summed E-state index contributed by atoms with van der Waals surface area (Å²) in [6, 6.07) is 9.65. The molecule has 3 N–H and O–H groups in total. The number of ether oxygens (including phenoxy) is 2. The van der Waals surface area contributed by atoms with Crippen LogP contribution >= 0.6 is 11.3 Å². The molecule has 4 aliphatic rings. The van der Waals surface area contributed by atoms with Crippen LogP contribution in [0.4, 0.5) is 10.1 Å². The van der Waals surface area contributed by atoms with E-state index in [0.29, 0.717) is 48.7 Å². The molecule has 0 radical (unpaired) electrons. The number of nitrogens with one attached hydrogen (secondary N) is 3. The number of fused-ring (bicyclic) bond motifs is 3. The summed E-state index contributed by atoms with van der Waals surface area (Å²) in [7, 11) is -2.35. The van der Waals surface area contributed by atoms with Gasteiger partial charge in [-0.1, -0.05) is 49.5 Å². The molecule has 15 heteroatoms. The Morgan fingerprint density at radius 1 is 1.08 bits per heavy atom. The predicted molar refractivity (Wildman–Crippen MR) is 191 cm³/mol. The molecule has 4 fully saturated rings. The number of carbonyl (C=O) groups excluding carboxylic acids is 3.